The molecule has 1 heteroatoms. The van der Waals surface area contributed by atoms with Crippen molar-refractivity contribution < 1.29 is 0 Å². The van der Waals surface area contributed by atoms with Crippen molar-refractivity contribution in [2.24, 2.45) is 4.99 Å². The van der Waals surface area contributed by atoms with E-state index < -0.39 is 0 Å². The number of allylic oxidation sites excluding steroid dienone is 1. The Morgan fingerprint density at radius 3 is 2.53 bits per heavy atom. The topological polar surface area (TPSA) is 12.4 Å². The highest BCUT2D eigenvalue weighted by Gasteiger charge is 2.10. The minimum absolute atomic E-state index is 0.572. The van der Waals surface area contributed by atoms with Crippen LogP contribution in [0.2, 0.25) is 0 Å². The minimum Gasteiger partial charge on any atom is -0.290 e. The maximum Gasteiger partial charge on any atom is 0.0499 e. The first-order chi connectivity index (χ1) is 8.34. The summed E-state index contributed by atoms with van der Waals surface area (Å²) in [6.45, 7) is 2.12. The van der Waals surface area contributed by atoms with Crippen LogP contribution in [0, 0.1) is 0 Å². The molecule has 0 heterocycles. The zero-order chi connectivity index (χ0) is 11.9. The maximum absolute atomic E-state index is 4.69. The summed E-state index contributed by atoms with van der Waals surface area (Å²) < 4.78 is 0. The largest absolute Gasteiger partial charge is 0.290 e. The van der Waals surface area contributed by atoms with Gasteiger partial charge in [-0.1, -0.05) is 55.7 Å². The third-order valence-corrected chi connectivity index (χ3v) is 3.26. The van der Waals surface area contributed by atoms with Gasteiger partial charge in [-0.25, -0.2) is 0 Å². The van der Waals surface area contributed by atoms with Gasteiger partial charge in [0, 0.05) is 12.3 Å². The molecule has 0 amide bonds. The smallest absolute Gasteiger partial charge is 0.0499 e. The highest BCUT2D eigenvalue weighted by atomic mass is 14.8. The first-order valence-corrected chi connectivity index (χ1v) is 6.61. The molecule has 0 bridgehead atoms. The van der Waals surface area contributed by atoms with Crippen LogP contribution in [0.1, 0.15) is 44.6 Å². The van der Waals surface area contributed by atoms with Gasteiger partial charge in [-0.3, -0.25) is 4.99 Å². The lowest BCUT2D eigenvalue weighted by Crippen LogP contribution is -2.09. The molecule has 0 aromatic heterocycles. The zero-order valence-corrected chi connectivity index (χ0v) is 10.6. The van der Waals surface area contributed by atoms with E-state index in [2.05, 4.69) is 42.3 Å². The third kappa shape index (κ3) is 4.18. The average Bonchev–Trinajstić information content (AvgIpc) is 2.39. The van der Waals surface area contributed by atoms with Gasteiger partial charge in [0.2, 0.25) is 0 Å². The molecule has 90 valence electrons. The summed E-state index contributed by atoms with van der Waals surface area (Å²) in [6.07, 6.45) is 10.9. The van der Waals surface area contributed by atoms with E-state index in [-0.39, 0.29) is 0 Å². The number of rotatable bonds is 3. The molecule has 0 N–H and O–H groups in total. The lowest BCUT2D eigenvalue weighted by Gasteiger charge is -2.17. The van der Waals surface area contributed by atoms with E-state index in [0.717, 1.165) is 0 Å². The molecule has 1 fully saturated rings. The summed E-state index contributed by atoms with van der Waals surface area (Å²) in [5.74, 6) is 0. The first kappa shape index (κ1) is 12.1. The molecule has 1 saturated carbocycles. The van der Waals surface area contributed by atoms with Crippen molar-refractivity contribution in [2.75, 3.05) is 0 Å². The predicted molar refractivity (Wildman–Crippen MR) is 75.5 cm³/mol. The Labute approximate surface area is 104 Å². The van der Waals surface area contributed by atoms with Crippen molar-refractivity contribution in [2.45, 2.75) is 45.1 Å². The minimum atomic E-state index is 0.572. The summed E-state index contributed by atoms with van der Waals surface area (Å²) in [5, 5.41) is 0. The van der Waals surface area contributed by atoms with Crippen molar-refractivity contribution in [1.82, 2.24) is 0 Å². The Morgan fingerprint density at radius 1 is 1.12 bits per heavy atom. The molecule has 1 nitrogen and oxygen atoms in total. The number of hydrogen-bond acceptors (Lipinski definition) is 1. The van der Waals surface area contributed by atoms with E-state index in [4.69, 9.17) is 0 Å². The normalized spacial score (nSPS) is 18.8. The van der Waals surface area contributed by atoms with Crippen molar-refractivity contribution in [1.29, 1.82) is 0 Å². The molecular weight excluding hydrogens is 206 g/mol. The Bertz CT molecular complexity index is 383. The van der Waals surface area contributed by atoms with Crippen LogP contribution in [-0.2, 0) is 0 Å². The van der Waals surface area contributed by atoms with Gasteiger partial charge in [0.1, 0.15) is 0 Å². The van der Waals surface area contributed by atoms with Gasteiger partial charge in [-0.2, -0.15) is 0 Å². The van der Waals surface area contributed by atoms with Crippen molar-refractivity contribution in [3.8, 4) is 0 Å². The van der Waals surface area contributed by atoms with Crippen molar-refractivity contribution in [3.05, 3.63) is 41.5 Å². The summed E-state index contributed by atoms with van der Waals surface area (Å²) in [4.78, 5) is 4.69. The standard InChI is InChI=1S/C16H21N/c1-14(12-15-8-4-2-5-9-15)13-17-16-10-6-3-7-11-16/h2,4-5,8-9,12-13,16H,3,6-7,10-11H2,1H3. The molecule has 17 heavy (non-hydrogen) atoms. The lowest BCUT2D eigenvalue weighted by atomic mass is 9.96. The van der Waals surface area contributed by atoms with Crippen LogP contribution >= 0.6 is 0 Å². The Kier molecular flexibility index (Phi) is 4.54. The zero-order valence-electron chi connectivity index (χ0n) is 10.6. The monoisotopic (exact) mass is 227 g/mol. The Hall–Kier alpha value is -1.37. The van der Waals surface area contributed by atoms with Crippen LogP contribution < -0.4 is 0 Å². The van der Waals surface area contributed by atoms with E-state index in [1.165, 1.54) is 43.2 Å². The van der Waals surface area contributed by atoms with E-state index >= 15 is 0 Å². The number of benzene rings is 1. The van der Waals surface area contributed by atoms with Crippen LogP contribution in [0.4, 0.5) is 0 Å². The maximum atomic E-state index is 4.69. The lowest BCUT2D eigenvalue weighted by molar-refractivity contribution is 0.444. The fourth-order valence-corrected chi connectivity index (χ4v) is 2.30. The molecule has 1 aliphatic carbocycles. The highest BCUT2D eigenvalue weighted by molar-refractivity contribution is 5.84. The quantitative estimate of drug-likeness (QED) is 0.674. The summed E-state index contributed by atoms with van der Waals surface area (Å²) >= 11 is 0. The third-order valence-electron chi connectivity index (χ3n) is 3.26. The number of aliphatic imine (C=N–C) groups is 1. The number of nitrogens with zero attached hydrogens (tertiary/aromatic N) is 1. The van der Waals surface area contributed by atoms with Crippen LogP contribution in [0.5, 0.6) is 0 Å². The van der Waals surface area contributed by atoms with E-state index in [1.54, 1.807) is 0 Å². The molecule has 0 saturated heterocycles. The Balaban J connectivity index is 1.93. The van der Waals surface area contributed by atoms with E-state index in [9.17, 15) is 0 Å². The SMILES string of the molecule is CC(C=NC1CCCCC1)=Cc1ccccc1. The molecule has 1 aliphatic rings. The van der Waals surface area contributed by atoms with Gasteiger partial charge in [0.05, 0.1) is 0 Å². The molecule has 2 rings (SSSR count). The van der Waals surface area contributed by atoms with Gasteiger partial charge in [-0.15, -0.1) is 0 Å². The van der Waals surface area contributed by atoms with Gasteiger partial charge in [0.15, 0.2) is 0 Å². The molecule has 0 radical (unpaired) electrons. The second-order valence-electron chi connectivity index (χ2n) is 4.87. The van der Waals surface area contributed by atoms with Gasteiger partial charge in [0.25, 0.3) is 0 Å². The molecule has 1 aromatic carbocycles. The van der Waals surface area contributed by atoms with Crippen LogP contribution in [0.25, 0.3) is 6.08 Å². The molecular formula is C16H21N. The van der Waals surface area contributed by atoms with Crippen molar-refractivity contribution >= 4 is 12.3 Å². The predicted octanol–water partition coefficient (Wildman–Crippen LogP) is 4.49. The van der Waals surface area contributed by atoms with Crippen LogP contribution in [0.15, 0.2) is 40.9 Å². The van der Waals surface area contributed by atoms with E-state index in [0.29, 0.717) is 6.04 Å². The first-order valence-electron chi connectivity index (χ1n) is 6.61. The van der Waals surface area contributed by atoms with Crippen LogP contribution in [0.3, 0.4) is 0 Å². The number of hydrogen-bond donors (Lipinski definition) is 0. The molecule has 0 atom stereocenters. The fraction of sp³-hybridized carbons (Fsp3) is 0.438. The molecule has 0 unspecified atom stereocenters. The van der Waals surface area contributed by atoms with Gasteiger partial charge < -0.3 is 0 Å². The average molecular weight is 227 g/mol. The molecule has 0 spiro atoms. The summed E-state index contributed by atoms with van der Waals surface area (Å²) in [5.41, 5.74) is 2.49. The molecule has 0 aliphatic heterocycles. The van der Waals surface area contributed by atoms with Gasteiger partial charge in [-0.05, 0) is 30.9 Å². The Morgan fingerprint density at radius 2 is 1.82 bits per heavy atom. The van der Waals surface area contributed by atoms with E-state index in [1.807, 2.05) is 12.3 Å². The highest BCUT2D eigenvalue weighted by Crippen LogP contribution is 2.20. The van der Waals surface area contributed by atoms with Gasteiger partial charge >= 0.3 is 0 Å². The summed E-state index contributed by atoms with van der Waals surface area (Å²) in [6, 6.07) is 11.0. The second kappa shape index (κ2) is 6.39. The fourth-order valence-electron chi connectivity index (χ4n) is 2.30. The second-order valence-corrected chi connectivity index (χ2v) is 4.87. The van der Waals surface area contributed by atoms with Crippen LogP contribution in [-0.4, -0.2) is 12.3 Å². The molecule has 1 aromatic rings. The van der Waals surface area contributed by atoms with Crippen molar-refractivity contribution in [3.63, 3.8) is 0 Å². The summed E-state index contributed by atoms with van der Waals surface area (Å²) in [7, 11) is 0.